The molecule has 0 saturated heterocycles. The number of hydrogen-bond donors (Lipinski definition) is 2. The van der Waals surface area contributed by atoms with Crippen molar-refractivity contribution in [2.45, 2.75) is 13.0 Å². The number of carboxylic acids is 1. The van der Waals surface area contributed by atoms with Gasteiger partial charge in [0.1, 0.15) is 29.6 Å². The third-order valence-corrected chi connectivity index (χ3v) is 5.45. The third-order valence-electron chi connectivity index (χ3n) is 5.45. The quantitative estimate of drug-likeness (QED) is 0.227. The molecule has 2 N–H and O–H groups in total. The van der Waals surface area contributed by atoms with Crippen LogP contribution in [-0.4, -0.2) is 30.9 Å². The maximum absolute atomic E-state index is 12.4. The van der Waals surface area contributed by atoms with Crippen molar-refractivity contribution >= 4 is 17.6 Å². The summed E-state index contributed by atoms with van der Waals surface area (Å²) < 4.78 is 22.0. The SMILES string of the molecule is COCOc1ccc(COc2ccc(Oc3ccc(CC(=O)Nc4ccccc4C(=O)O)cc3)cc2)cc1. The molecule has 0 aliphatic carbocycles. The fourth-order valence-corrected chi connectivity index (χ4v) is 3.55. The molecular weight excluding hydrogens is 486 g/mol. The first-order chi connectivity index (χ1) is 18.5. The molecule has 0 atom stereocenters. The standard InChI is InChI=1S/C30H27NO7/c1-35-20-37-24-10-8-22(9-11-24)19-36-23-14-16-26(17-15-23)38-25-12-6-21(7-13-25)18-29(32)31-28-5-3-2-4-27(28)30(33)34/h2-17H,18-20H2,1H3,(H,31,32)(H,33,34). The molecule has 0 spiro atoms. The number of carbonyl (C=O) groups excluding carboxylic acids is 1. The van der Waals surface area contributed by atoms with Crippen LogP contribution >= 0.6 is 0 Å². The molecule has 0 aromatic heterocycles. The zero-order valence-corrected chi connectivity index (χ0v) is 20.8. The fraction of sp³-hybridized carbons (Fsp3) is 0.133. The van der Waals surface area contributed by atoms with Crippen LogP contribution in [0.1, 0.15) is 21.5 Å². The number of hydrogen-bond acceptors (Lipinski definition) is 6. The summed E-state index contributed by atoms with van der Waals surface area (Å²) in [6.07, 6.45) is 0.100. The minimum Gasteiger partial charge on any atom is -0.489 e. The van der Waals surface area contributed by atoms with Gasteiger partial charge >= 0.3 is 5.97 Å². The molecule has 4 aromatic carbocycles. The van der Waals surface area contributed by atoms with Crippen LogP contribution < -0.4 is 19.5 Å². The minimum absolute atomic E-state index is 0.0449. The number of anilines is 1. The van der Waals surface area contributed by atoms with Gasteiger partial charge in [-0.05, 0) is 71.8 Å². The predicted molar refractivity (Wildman–Crippen MR) is 142 cm³/mol. The first-order valence-electron chi connectivity index (χ1n) is 11.8. The van der Waals surface area contributed by atoms with E-state index in [1.165, 1.54) is 6.07 Å². The molecule has 194 valence electrons. The number of benzene rings is 4. The minimum atomic E-state index is -1.10. The first kappa shape index (κ1) is 26.2. The van der Waals surface area contributed by atoms with Crippen molar-refractivity contribution in [1.82, 2.24) is 0 Å². The first-order valence-corrected chi connectivity index (χ1v) is 11.8. The average Bonchev–Trinajstić information content (AvgIpc) is 2.93. The average molecular weight is 514 g/mol. The molecule has 0 bridgehead atoms. The Bertz CT molecular complexity index is 1350. The second-order valence-corrected chi connectivity index (χ2v) is 8.28. The Morgan fingerprint density at radius 3 is 1.92 bits per heavy atom. The van der Waals surface area contributed by atoms with Gasteiger partial charge in [0.25, 0.3) is 0 Å². The highest BCUT2D eigenvalue weighted by Crippen LogP contribution is 2.25. The van der Waals surface area contributed by atoms with Crippen LogP contribution in [0.15, 0.2) is 97.1 Å². The smallest absolute Gasteiger partial charge is 0.337 e. The van der Waals surface area contributed by atoms with Crippen LogP contribution in [0.4, 0.5) is 5.69 Å². The topological polar surface area (TPSA) is 103 Å². The molecule has 38 heavy (non-hydrogen) atoms. The number of para-hydroxylation sites is 1. The van der Waals surface area contributed by atoms with E-state index in [9.17, 15) is 14.7 Å². The Morgan fingerprint density at radius 2 is 1.26 bits per heavy atom. The lowest BCUT2D eigenvalue weighted by atomic mass is 10.1. The molecule has 0 aliphatic heterocycles. The van der Waals surface area contributed by atoms with E-state index in [1.807, 2.05) is 48.5 Å². The van der Waals surface area contributed by atoms with E-state index in [1.54, 1.807) is 49.6 Å². The van der Waals surface area contributed by atoms with Gasteiger partial charge in [-0.2, -0.15) is 0 Å². The van der Waals surface area contributed by atoms with Crippen LogP contribution in [0.2, 0.25) is 0 Å². The van der Waals surface area contributed by atoms with Crippen molar-refractivity contribution in [2.75, 3.05) is 19.2 Å². The van der Waals surface area contributed by atoms with Gasteiger partial charge in [0.2, 0.25) is 5.91 Å². The van der Waals surface area contributed by atoms with Crippen molar-refractivity contribution in [3.8, 4) is 23.0 Å². The lowest BCUT2D eigenvalue weighted by Crippen LogP contribution is -2.16. The second kappa shape index (κ2) is 12.9. The van der Waals surface area contributed by atoms with Crippen LogP contribution in [0.5, 0.6) is 23.0 Å². The van der Waals surface area contributed by atoms with Gasteiger partial charge in [-0.3, -0.25) is 4.79 Å². The number of ether oxygens (including phenoxy) is 4. The zero-order valence-electron chi connectivity index (χ0n) is 20.8. The van der Waals surface area contributed by atoms with Crippen LogP contribution in [0.3, 0.4) is 0 Å². The summed E-state index contributed by atoms with van der Waals surface area (Å²) in [7, 11) is 1.58. The Balaban J connectivity index is 1.26. The van der Waals surface area contributed by atoms with Gasteiger partial charge in [0.05, 0.1) is 17.7 Å². The highest BCUT2D eigenvalue weighted by molar-refractivity contribution is 6.01. The van der Waals surface area contributed by atoms with E-state index in [0.29, 0.717) is 23.9 Å². The largest absolute Gasteiger partial charge is 0.489 e. The van der Waals surface area contributed by atoms with Gasteiger partial charge in [-0.15, -0.1) is 0 Å². The second-order valence-electron chi connectivity index (χ2n) is 8.28. The van der Waals surface area contributed by atoms with Gasteiger partial charge in [-0.1, -0.05) is 36.4 Å². The van der Waals surface area contributed by atoms with Gasteiger partial charge in [-0.25, -0.2) is 4.79 Å². The van der Waals surface area contributed by atoms with Crippen LogP contribution in [-0.2, 0) is 22.6 Å². The Kier molecular flexibility index (Phi) is 8.93. The third kappa shape index (κ3) is 7.59. The van der Waals surface area contributed by atoms with Crippen molar-refractivity contribution in [2.24, 2.45) is 0 Å². The van der Waals surface area contributed by atoms with E-state index in [2.05, 4.69) is 5.32 Å². The number of nitrogens with one attached hydrogen (secondary N) is 1. The van der Waals surface area contributed by atoms with Crippen molar-refractivity contribution in [3.05, 3.63) is 114 Å². The molecule has 0 heterocycles. The molecule has 4 rings (SSSR count). The van der Waals surface area contributed by atoms with Gasteiger partial charge < -0.3 is 29.4 Å². The van der Waals surface area contributed by atoms with Gasteiger partial charge in [0, 0.05) is 7.11 Å². The summed E-state index contributed by atoms with van der Waals surface area (Å²) >= 11 is 0. The number of carboxylic acid groups (broad SMARTS) is 1. The lowest BCUT2D eigenvalue weighted by Gasteiger charge is -2.10. The maximum atomic E-state index is 12.4. The number of carbonyl (C=O) groups is 2. The predicted octanol–water partition coefficient (Wildman–Crippen LogP) is 5.92. The summed E-state index contributed by atoms with van der Waals surface area (Å²) in [5, 5.41) is 11.9. The summed E-state index contributed by atoms with van der Waals surface area (Å²) in [5.41, 5.74) is 2.09. The number of aromatic carboxylic acids is 1. The molecule has 8 nitrogen and oxygen atoms in total. The van der Waals surface area contributed by atoms with E-state index in [4.69, 9.17) is 18.9 Å². The van der Waals surface area contributed by atoms with Crippen molar-refractivity contribution < 1.29 is 33.6 Å². The van der Waals surface area contributed by atoms with E-state index >= 15 is 0 Å². The molecular formula is C30H27NO7. The van der Waals surface area contributed by atoms with Crippen molar-refractivity contribution in [3.63, 3.8) is 0 Å². The molecule has 8 heteroatoms. The molecule has 1 amide bonds. The molecule has 0 unspecified atom stereocenters. The maximum Gasteiger partial charge on any atom is 0.337 e. The molecule has 0 aliphatic rings. The summed E-state index contributed by atoms with van der Waals surface area (Å²) in [5.74, 6) is 1.31. The van der Waals surface area contributed by atoms with Crippen molar-refractivity contribution in [1.29, 1.82) is 0 Å². The Morgan fingerprint density at radius 1 is 0.711 bits per heavy atom. The van der Waals surface area contributed by atoms with Crippen LogP contribution in [0.25, 0.3) is 0 Å². The molecule has 0 radical (unpaired) electrons. The monoisotopic (exact) mass is 513 g/mol. The highest BCUT2D eigenvalue weighted by atomic mass is 16.7. The summed E-state index contributed by atoms with van der Waals surface area (Å²) in [6, 6.07) is 28.3. The molecule has 4 aromatic rings. The zero-order chi connectivity index (χ0) is 26.7. The van der Waals surface area contributed by atoms with Crippen LogP contribution in [0, 0.1) is 0 Å². The number of methoxy groups -OCH3 is 1. The van der Waals surface area contributed by atoms with E-state index in [-0.39, 0.29) is 30.4 Å². The molecule has 0 saturated carbocycles. The Hall–Kier alpha value is -4.82. The highest BCUT2D eigenvalue weighted by Gasteiger charge is 2.12. The van der Waals surface area contributed by atoms with E-state index < -0.39 is 5.97 Å². The lowest BCUT2D eigenvalue weighted by molar-refractivity contribution is -0.115. The molecule has 0 fully saturated rings. The van der Waals surface area contributed by atoms with Gasteiger partial charge in [0.15, 0.2) is 6.79 Å². The van der Waals surface area contributed by atoms with E-state index in [0.717, 1.165) is 16.9 Å². The fourth-order valence-electron chi connectivity index (χ4n) is 3.55. The number of rotatable bonds is 12. The Labute approximate surface area is 220 Å². The number of amides is 1. The normalized spacial score (nSPS) is 10.4. The summed E-state index contributed by atoms with van der Waals surface area (Å²) in [4.78, 5) is 23.7. The summed E-state index contributed by atoms with van der Waals surface area (Å²) in [6.45, 7) is 0.624.